The van der Waals surface area contributed by atoms with E-state index in [9.17, 15) is 27.2 Å². The van der Waals surface area contributed by atoms with Crippen LogP contribution < -0.4 is 16.6 Å². The highest BCUT2D eigenvalue weighted by molar-refractivity contribution is 5.38. The van der Waals surface area contributed by atoms with Crippen molar-refractivity contribution in [2.75, 3.05) is 5.32 Å². The Kier molecular flexibility index (Phi) is 5.62. The van der Waals surface area contributed by atoms with Crippen molar-refractivity contribution in [3.8, 4) is 5.69 Å². The van der Waals surface area contributed by atoms with Crippen molar-refractivity contribution >= 4 is 5.82 Å². The minimum absolute atomic E-state index is 0.124. The molecule has 0 spiro atoms. The van der Waals surface area contributed by atoms with E-state index in [2.05, 4.69) is 10.3 Å². The van der Waals surface area contributed by atoms with Gasteiger partial charge in [-0.25, -0.2) is 26.9 Å². The van der Waals surface area contributed by atoms with E-state index in [1.165, 1.54) is 0 Å². The van der Waals surface area contributed by atoms with Gasteiger partial charge in [0.05, 0.1) is 5.69 Å². The van der Waals surface area contributed by atoms with Crippen LogP contribution in [0.3, 0.4) is 0 Å². The molecule has 3 rings (SSSR count). The Labute approximate surface area is 158 Å². The Morgan fingerprint density at radius 3 is 2.32 bits per heavy atom. The number of aromatic amines is 1. The second kappa shape index (κ2) is 7.81. The number of anilines is 1. The molecule has 1 aromatic carbocycles. The molecule has 1 fully saturated rings. The maximum atomic E-state index is 13.4. The fourth-order valence-corrected chi connectivity index (χ4v) is 3.65. The normalized spacial score (nSPS) is 18.0. The lowest BCUT2D eigenvalue weighted by Gasteiger charge is -2.30. The lowest BCUT2D eigenvalue weighted by atomic mass is 9.83. The summed E-state index contributed by atoms with van der Waals surface area (Å²) in [6, 6.07) is 3.37. The summed E-state index contributed by atoms with van der Waals surface area (Å²) in [5.74, 6) is -4.09. The van der Waals surface area contributed by atoms with E-state index in [0.29, 0.717) is 29.9 Å². The number of benzene rings is 1. The van der Waals surface area contributed by atoms with Crippen molar-refractivity contribution in [3.05, 3.63) is 56.7 Å². The van der Waals surface area contributed by atoms with Gasteiger partial charge >= 0.3 is 5.69 Å². The topological polar surface area (TPSA) is 66.9 Å². The Hall–Kier alpha value is -2.58. The Morgan fingerprint density at radius 2 is 1.75 bits per heavy atom. The number of aromatic nitrogens is 2. The molecule has 0 unspecified atom stereocenters. The second-order valence-corrected chi connectivity index (χ2v) is 7.37. The molecular formula is C19H21F4N3O2. The summed E-state index contributed by atoms with van der Waals surface area (Å²) >= 11 is 0. The highest BCUT2D eigenvalue weighted by atomic mass is 19.3. The summed E-state index contributed by atoms with van der Waals surface area (Å²) < 4.78 is 53.9. The molecule has 1 aliphatic carbocycles. The first-order valence-electron chi connectivity index (χ1n) is 9.10. The molecule has 2 N–H and O–H groups in total. The molecule has 28 heavy (non-hydrogen) atoms. The van der Waals surface area contributed by atoms with Gasteiger partial charge in [-0.05, 0) is 44.2 Å². The number of rotatable bonds is 5. The van der Waals surface area contributed by atoms with E-state index in [0.717, 1.165) is 18.2 Å². The Bertz CT molecular complexity index is 909. The van der Waals surface area contributed by atoms with E-state index in [1.54, 1.807) is 0 Å². The zero-order chi connectivity index (χ0) is 20.5. The standard InChI is InChI=1S/C19H21F4N3O2/c1-11(6-12-2-4-19(22,23)5-3-12)24-16-10-17(27)26(18(28)25-16)15-8-13(20)7-14(21)9-15/h7-12,24H,2-6H2,1H3,(H,25,28)/t11-/m0/s1. The zero-order valence-corrected chi connectivity index (χ0v) is 15.3. The quantitative estimate of drug-likeness (QED) is 0.752. The van der Waals surface area contributed by atoms with Crippen LogP contribution in [0.15, 0.2) is 33.9 Å². The lowest BCUT2D eigenvalue weighted by Crippen LogP contribution is -2.35. The molecule has 5 nitrogen and oxygen atoms in total. The van der Waals surface area contributed by atoms with Crippen molar-refractivity contribution in [1.29, 1.82) is 0 Å². The first-order valence-corrected chi connectivity index (χ1v) is 9.10. The van der Waals surface area contributed by atoms with Crippen LogP contribution in [0, 0.1) is 17.6 Å². The van der Waals surface area contributed by atoms with Gasteiger partial charge in [-0.15, -0.1) is 0 Å². The number of alkyl halides is 2. The van der Waals surface area contributed by atoms with Crippen molar-refractivity contribution in [2.45, 2.75) is 51.0 Å². The second-order valence-electron chi connectivity index (χ2n) is 7.37. The van der Waals surface area contributed by atoms with E-state index in [1.807, 2.05) is 6.92 Å². The third-order valence-electron chi connectivity index (χ3n) is 4.96. The van der Waals surface area contributed by atoms with Gasteiger partial charge in [-0.1, -0.05) is 0 Å². The monoisotopic (exact) mass is 399 g/mol. The Morgan fingerprint density at radius 1 is 1.14 bits per heavy atom. The number of nitrogens with zero attached hydrogens (tertiary/aromatic N) is 1. The minimum atomic E-state index is -2.58. The molecule has 152 valence electrons. The molecule has 0 saturated heterocycles. The van der Waals surface area contributed by atoms with Crippen LogP contribution in [0.1, 0.15) is 39.0 Å². The molecule has 0 radical (unpaired) electrons. The third-order valence-corrected chi connectivity index (χ3v) is 4.96. The van der Waals surface area contributed by atoms with Gasteiger partial charge in [0.2, 0.25) is 5.92 Å². The maximum Gasteiger partial charge on any atom is 0.334 e. The highest BCUT2D eigenvalue weighted by Crippen LogP contribution is 2.37. The smallest absolute Gasteiger partial charge is 0.334 e. The number of hydrogen-bond donors (Lipinski definition) is 2. The number of H-pyrrole nitrogens is 1. The Balaban J connectivity index is 1.72. The predicted molar refractivity (Wildman–Crippen MR) is 97.2 cm³/mol. The van der Waals surface area contributed by atoms with Crippen LogP contribution >= 0.6 is 0 Å². The molecule has 1 saturated carbocycles. The highest BCUT2D eigenvalue weighted by Gasteiger charge is 2.35. The number of nitrogens with one attached hydrogen (secondary N) is 2. The largest absolute Gasteiger partial charge is 0.369 e. The van der Waals surface area contributed by atoms with Gasteiger partial charge in [0.15, 0.2) is 0 Å². The molecule has 0 aliphatic heterocycles. The van der Waals surface area contributed by atoms with Crippen molar-refractivity contribution in [2.24, 2.45) is 5.92 Å². The van der Waals surface area contributed by atoms with Gasteiger partial charge in [-0.3, -0.25) is 9.78 Å². The summed E-state index contributed by atoms with van der Waals surface area (Å²) in [4.78, 5) is 27.0. The molecule has 1 aliphatic rings. The molecule has 1 aromatic heterocycles. The summed E-state index contributed by atoms with van der Waals surface area (Å²) in [7, 11) is 0. The van der Waals surface area contributed by atoms with E-state index in [-0.39, 0.29) is 36.3 Å². The number of halogens is 4. The van der Waals surface area contributed by atoms with Crippen molar-refractivity contribution in [3.63, 3.8) is 0 Å². The molecule has 9 heteroatoms. The summed E-state index contributed by atoms with van der Waals surface area (Å²) in [5.41, 5.74) is -1.81. The van der Waals surface area contributed by atoms with Gasteiger partial charge in [0, 0.05) is 31.0 Å². The SMILES string of the molecule is C[C@@H](CC1CCC(F)(F)CC1)Nc1cc(=O)n(-c2cc(F)cc(F)c2)c(=O)[nH]1. The molecule has 0 bridgehead atoms. The van der Waals surface area contributed by atoms with Crippen LogP contribution in [0.4, 0.5) is 23.4 Å². The molecule has 1 atom stereocenters. The van der Waals surface area contributed by atoms with Gasteiger partial charge in [0.25, 0.3) is 5.56 Å². The van der Waals surface area contributed by atoms with Crippen LogP contribution in [-0.4, -0.2) is 21.5 Å². The van der Waals surface area contributed by atoms with Gasteiger partial charge in [-0.2, -0.15) is 0 Å². The first kappa shape index (κ1) is 20.2. The maximum absolute atomic E-state index is 13.4. The molecule has 1 heterocycles. The average molecular weight is 399 g/mol. The van der Waals surface area contributed by atoms with Crippen LogP contribution in [0.2, 0.25) is 0 Å². The molecule has 2 aromatic rings. The molecular weight excluding hydrogens is 378 g/mol. The van der Waals surface area contributed by atoms with Crippen LogP contribution in [0.5, 0.6) is 0 Å². The summed E-state index contributed by atoms with van der Waals surface area (Å²) in [6.45, 7) is 1.83. The minimum Gasteiger partial charge on any atom is -0.369 e. The average Bonchev–Trinajstić information content (AvgIpc) is 2.55. The molecule has 0 amide bonds. The zero-order valence-electron chi connectivity index (χ0n) is 15.3. The van der Waals surface area contributed by atoms with Crippen molar-refractivity contribution < 1.29 is 17.6 Å². The predicted octanol–water partition coefficient (Wildman–Crippen LogP) is 3.82. The van der Waals surface area contributed by atoms with Crippen LogP contribution in [-0.2, 0) is 0 Å². The van der Waals surface area contributed by atoms with E-state index >= 15 is 0 Å². The number of hydrogen-bond acceptors (Lipinski definition) is 3. The fourth-order valence-electron chi connectivity index (χ4n) is 3.65. The van der Waals surface area contributed by atoms with E-state index in [4.69, 9.17) is 0 Å². The van der Waals surface area contributed by atoms with Crippen LogP contribution in [0.25, 0.3) is 5.69 Å². The third kappa shape index (κ3) is 4.82. The fraction of sp³-hybridized carbons (Fsp3) is 0.474. The summed E-state index contributed by atoms with van der Waals surface area (Å²) in [5, 5.41) is 2.99. The van der Waals surface area contributed by atoms with Crippen molar-refractivity contribution in [1.82, 2.24) is 9.55 Å². The first-order chi connectivity index (χ1) is 13.1. The van der Waals surface area contributed by atoms with E-state index < -0.39 is 28.8 Å². The van der Waals surface area contributed by atoms with Gasteiger partial charge < -0.3 is 5.32 Å². The lowest BCUT2D eigenvalue weighted by molar-refractivity contribution is -0.0468. The van der Waals surface area contributed by atoms with Gasteiger partial charge in [0.1, 0.15) is 17.5 Å². The summed E-state index contributed by atoms with van der Waals surface area (Å²) in [6.07, 6.45) is 1.24.